The van der Waals surface area contributed by atoms with E-state index in [0.717, 1.165) is 37.2 Å². The summed E-state index contributed by atoms with van der Waals surface area (Å²) in [5.74, 6) is 0.822. The molecule has 22 heavy (non-hydrogen) atoms. The number of methoxy groups -OCH3 is 1. The molecule has 1 N–H and O–H groups in total. The van der Waals surface area contributed by atoms with Crippen LogP contribution in [0.25, 0.3) is 0 Å². The second-order valence-electron chi connectivity index (χ2n) is 6.25. The van der Waals surface area contributed by atoms with Gasteiger partial charge in [0.25, 0.3) is 0 Å². The number of amides is 1. The summed E-state index contributed by atoms with van der Waals surface area (Å²) in [7, 11) is 1.63. The van der Waals surface area contributed by atoms with Crippen LogP contribution in [0.4, 0.5) is 0 Å². The Labute approximate surface area is 129 Å². The van der Waals surface area contributed by atoms with E-state index in [1.54, 1.807) is 7.11 Å². The number of rotatable bonds is 6. The molecule has 1 amide bonds. The van der Waals surface area contributed by atoms with Crippen LogP contribution in [0.15, 0.2) is 24.3 Å². The maximum Gasteiger partial charge on any atom is 0.306 e. The molecule has 3 rings (SSSR count). The zero-order valence-corrected chi connectivity index (χ0v) is 12.7. The van der Waals surface area contributed by atoms with Crippen molar-refractivity contribution in [2.75, 3.05) is 20.2 Å². The lowest BCUT2D eigenvalue weighted by Gasteiger charge is -2.40. The second kappa shape index (κ2) is 5.99. The van der Waals surface area contributed by atoms with E-state index < -0.39 is 5.97 Å². The highest BCUT2D eigenvalue weighted by Gasteiger charge is 2.51. The molecule has 2 aliphatic rings. The molecule has 0 aromatic heterocycles. The molecule has 1 heterocycles. The van der Waals surface area contributed by atoms with Crippen molar-refractivity contribution in [3.8, 4) is 5.75 Å². The molecule has 1 saturated carbocycles. The number of likely N-dealkylation sites (tertiary alicyclic amines) is 1. The average molecular weight is 303 g/mol. The van der Waals surface area contributed by atoms with Crippen LogP contribution in [-0.4, -0.2) is 42.1 Å². The van der Waals surface area contributed by atoms with E-state index in [-0.39, 0.29) is 11.8 Å². The van der Waals surface area contributed by atoms with Gasteiger partial charge in [-0.2, -0.15) is 0 Å². The Balaban J connectivity index is 1.39. The van der Waals surface area contributed by atoms with Gasteiger partial charge in [-0.3, -0.25) is 9.59 Å². The highest BCUT2D eigenvalue weighted by atomic mass is 16.5. The smallest absolute Gasteiger partial charge is 0.306 e. The Morgan fingerprint density at radius 3 is 2.50 bits per heavy atom. The quantitative estimate of drug-likeness (QED) is 0.870. The SMILES string of the molecule is COc1ccc(CCC(=O)N2CC([C@@H]3C[C@H]3C(=O)O)C2)cc1. The van der Waals surface area contributed by atoms with Crippen molar-refractivity contribution in [1.29, 1.82) is 0 Å². The summed E-state index contributed by atoms with van der Waals surface area (Å²) in [4.78, 5) is 24.8. The van der Waals surface area contributed by atoms with Gasteiger partial charge in [-0.1, -0.05) is 12.1 Å². The molecular formula is C17H21NO4. The van der Waals surface area contributed by atoms with Crippen molar-refractivity contribution < 1.29 is 19.4 Å². The number of hydrogen-bond donors (Lipinski definition) is 1. The monoisotopic (exact) mass is 303 g/mol. The van der Waals surface area contributed by atoms with E-state index in [2.05, 4.69) is 0 Å². The van der Waals surface area contributed by atoms with Gasteiger partial charge in [-0.05, 0) is 42.4 Å². The molecule has 0 radical (unpaired) electrons. The zero-order valence-electron chi connectivity index (χ0n) is 12.7. The number of nitrogens with zero attached hydrogens (tertiary/aromatic N) is 1. The molecule has 1 saturated heterocycles. The van der Waals surface area contributed by atoms with Gasteiger partial charge < -0.3 is 14.7 Å². The number of benzene rings is 1. The molecule has 5 nitrogen and oxygen atoms in total. The molecule has 0 spiro atoms. The van der Waals surface area contributed by atoms with Crippen molar-refractivity contribution in [3.63, 3.8) is 0 Å². The van der Waals surface area contributed by atoms with Crippen LogP contribution in [0, 0.1) is 17.8 Å². The summed E-state index contributed by atoms with van der Waals surface area (Å²) in [6.45, 7) is 1.46. The first-order valence-electron chi connectivity index (χ1n) is 7.72. The van der Waals surface area contributed by atoms with Crippen LogP contribution >= 0.6 is 0 Å². The number of aliphatic carboxylic acids is 1. The van der Waals surface area contributed by atoms with Crippen molar-refractivity contribution in [2.24, 2.45) is 17.8 Å². The van der Waals surface area contributed by atoms with E-state index in [4.69, 9.17) is 9.84 Å². The summed E-state index contributed by atoms with van der Waals surface area (Å²) in [6.07, 6.45) is 2.02. The van der Waals surface area contributed by atoms with E-state index >= 15 is 0 Å². The third-order valence-corrected chi connectivity index (χ3v) is 4.81. The van der Waals surface area contributed by atoms with E-state index in [1.165, 1.54) is 0 Å². The predicted octanol–water partition coefficient (Wildman–Crippen LogP) is 1.81. The molecule has 0 bridgehead atoms. The van der Waals surface area contributed by atoms with Gasteiger partial charge >= 0.3 is 5.97 Å². The Morgan fingerprint density at radius 2 is 1.95 bits per heavy atom. The maximum atomic E-state index is 12.1. The first-order valence-corrected chi connectivity index (χ1v) is 7.72. The summed E-state index contributed by atoms with van der Waals surface area (Å²) < 4.78 is 5.11. The van der Waals surface area contributed by atoms with Crippen LogP contribution in [0.3, 0.4) is 0 Å². The van der Waals surface area contributed by atoms with Crippen LogP contribution in [0.2, 0.25) is 0 Å². The van der Waals surface area contributed by atoms with Gasteiger partial charge in [-0.25, -0.2) is 0 Å². The molecule has 5 heteroatoms. The molecule has 0 unspecified atom stereocenters. The number of ether oxygens (including phenoxy) is 1. The number of carboxylic acid groups (broad SMARTS) is 1. The number of carboxylic acids is 1. The normalized spacial score (nSPS) is 23.8. The summed E-state index contributed by atoms with van der Waals surface area (Å²) in [5, 5.41) is 8.93. The Bertz CT molecular complexity index is 563. The van der Waals surface area contributed by atoms with Gasteiger partial charge in [0, 0.05) is 19.5 Å². The lowest BCUT2D eigenvalue weighted by Crippen LogP contribution is -2.51. The topological polar surface area (TPSA) is 66.8 Å². The Morgan fingerprint density at radius 1 is 1.27 bits per heavy atom. The van der Waals surface area contributed by atoms with Crippen LogP contribution in [0.5, 0.6) is 5.75 Å². The van der Waals surface area contributed by atoms with Crippen molar-refractivity contribution in [1.82, 2.24) is 4.90 Å². The summed E-state index contributed by atoms with van der Waals surface area (Å²) in [6, 6.07) is 7.76. The van der Waals surface area contributed by atoms with Gasteiger partial charge in [0.15, 0.2) is 0 Å². The Hall–Kier alpha value is -2.04. The number of aryl methyl sites for hydroxylation is 1. The Kier molecular flexibility index (Phi) is 4.05. The van der Waals surface area contributed by atoms with E-state index in [1.807, 2.05) is 29.2 Å². The van der Waals surface area contributed by atoms with E-state index in [0.29, 0.717) is 18.3 Å². The number of carbonyl (C=O) groups excluding carboxylic acids is 1. The maximum absolute atomic E-state index is 12.1. The van der Waals surface area contributed by atoms with Crippen LogP contribution in [-0.2, 0) is 16.0 Å². The van der Waals surface area contributed by atoms with Crippen molar-refractivity contribution in [3.05, 3.63) is 29.8 Å². The van der Waals surface area contributed by atoms with Gasteiger partial charge in [0.05, 0.1) is 13.0 Å². The molecule has 1 aliphatic carbocycles. The molecule has 2 fully saturated rings. The molecule has 1 aliphatic heterocycles. The largest absolute Gasteiger partial charge is 0.497 e. The van der Waals surface area contributed by atoms with Gasteiger partial charge in [-0.15, -0.1) is 0 Å². The first-order chi connectivity index (χ1) is 10.6. The second-order valence-corrected chi connectivity index (χ2v) is 6.25. The summed E-state index contributed by atoms with van der Waals surface area (Å²) >= 11 is 0. The minimum absolute atomic E-state index is 0.165. The fourth-order valence-corrected chi connectivity index (χ4v) is 3.21. The van der Waals surface area contributed by atoms with Gasteiger partial charge in [0.1, 0.15) is 5.75 Å². The number of carbonyl (C=O) groups is 2. The highest BCUT2D eigenvalue weighted by Crippen LogP contribution is 2.47. The molecular weight excluding hydrogens is 282 g/mol. The van der Waals surface area contributed by atoms with E-state index in [9.17, 15) is 9.59 Å². The van der Waals surface area contributed by atoms with Gasteiger partial charge in [0.2, 0.25) is 5.91 Å². The van der Waals surface area contributed by atoms with Crippen LogP contribution in [0.1, 0.15) is 18.4 Å². The molecule has 2 atom stereocenters. The molecule has 1 aromatic carbocycles. The molecule has 1 aromatic rings. The van der Waals surface area contributed by atoms with Crippen LogP contribution < -0.4 is 4.74 Å². The third kappa shape index (κ3) is 3.08. The predicted molar refractivity (Wildman–Crippen MR) is 80.6 cm³/mol. The lowest BCUT2D eigenvalue weighted by atomic mass is 9.92. The minimum Gasteiger partial charge on any atom is -0.497 e. The van der Waals surface area contributed by atoms with Crippen molar-refractivity contribution >= 4 is 11.9 Å². The van der Waals surface area contributed by atoms with Crippen molar-refractivity contribution in [2.45, 2.75) is 19.3 Å². The zero-order chi connectivity index (χ0) is 15.7. The summed E-state index contributed by atoms with van der Waals surface area (Å²) in [5.41, 5.74) is 1.12. The molecule has 118 valence electrons. The average Bonchev–Trinajstić information content (AvgIpc) is 3.24. The number of hydrogen-bond acceptors (Lipinski definition) is 3. The standard InChI is InChI=1S/C17H21NO4/c1-22-13-5-2-11(3-6-13)4-7-16(19)18-9-12(10-18)14-8-15(14)17(20)21/h2-3,5-6,12,14-15H,4,7-10H2,1H3,(H,20,21)/t14-,15+/m0/s1. The lowest BCUT2D eigenvalue weighted by molar-refractivity contribution is -0.140. The third-order valence-electron chi connectivity index (χ3n) is 4.81. The minimum atomic E-state index is -0.686. The highest BCUT2D eigenvalue weighted by molar-refractivity contribution is 5.78. The first kappa shape index (κ1) is 14.9. The fourth-order valence-electron chi connectivity index (χ4n) is 3.21. The fraction of sp³-hybridized carbons (Fsp3) is 0.529.